The number of H-pyrrole nitrogens is 1. The van der Waals surface area contributed by atoms with Gasteiger partial charge in [-0.25, -0.2) is 19.2 Å². The molecule has 0 aromatic carbocycles. The van der Waals surface area contributed by atoms with Crippen LogP contribution in [-0.4, -0.2) is 55.6 Å². The van der Waals surface area contributed by atoms with Crippen LogP contribution in [0.2, 0.25) is 5.02 Å². The summed E-state index contributed by atoms with van der Waals surface area (Å²) in [6.07, 6.45) is 3.46. The van der Waals surface area contributed by atoms with Crippen molar-refractivity contribution in [3.05, 3.63) is 34.9 Å². The Morgan fingerprint density at radius 2 is 2.24 bits per heavy atom. The third-order valence-electron chi connectivity index (χ3n) is 6.19. The minimum atomic E-state index is -1.32. The third-order valence-corrected chi connectivity index (χ3v) is 6.46. The summed E-state index contributed by atoms with van der Waals surface area (Å²) in [7, 11) is 1.59. The lowest BCUT2D eigenvalue weighted by molar-refractivity contribution is 0.0546. The van der Waals surface area contributed by atoms with Gasteiger partial charge in [-0.05, 0) is 32.6 Å². The highest BCUT2D eigenvalue weighted by Crippen LogP contribution is 2.39. The molecule has 176 valence electrons. The fourth-order valence-corrected chi connectivity index (χ4v) is 4.29. The number of ether oxygens (including phenoxy) is 2. The number of aromatic nitrogens is 5. The number of halogens is 2. The summed E-state index contributed by atoms with van der Waals surface area (Å²) in [4.78, 5) is 20.8. The lowest BCUT2D eigenvalue weighted by Gasteiger charge is -2.19. The molecule has 0 radical (unpaired) electrons. The van der Waals surface area contributed by atoms with Crippen LogP contribution in [0.25, 0.3) is 5.65 Å². The molecule has 33 heavy (non-hydrogen) atoms. The number of alkyl carbamates (subject to hydrolysis) is 1. The topological polar surface area (TPSA) is 118 Å². The van der Waals surface area contributed by atoms with Crippen molar-refractivity contribution in [1.82, 2.24) is 29.9 Å². The van der Waals surface area contributed by atoms with Crippen molar-refractivity contribution in [2.75, 3.05) is 12.4 Å². The minimum absolute atomic E-state index is 0.203. The number of carbonyl (C=O) groups excluding carboxylic acids is 1. The Morgan fingerprint density at radius 3 is 3.00 bits per heavy atom. The first kappa shape index (κ1) is 21.9. The zero-order valence-corrected chi connectivity index (χ0v) is 19.0. The number of aromatic amines is 1. The van der Waals surface area contributed by atoms with Crippen molar-refractivity contribution in [2.45, 2.75) is 62.9 Å². The van der Waals surface area contributed by atoms with E-state index in [0.29, 0.717) is 53.3 Å². The van der Waals surface area contributed by atoms with E-state index in [1.165, 1.54) is 6.20 Å². The second kappa shape index (κ2) is 8.45. The fourth-order valence-electron chi connectivity index (χ4n) is 4.11. The summed E-state index contributed by atoms with van der Waals surface area (Å²) in [5.41, 5.74) is 1.66. The number of alkyl halides is 1. The molecule has 5 rings (SSSR count). The number of carbonyl (C=O) groups is 1. The van der Waals surface area contributed by atoms with Gasteiger partial charge in [0.2, 0.25) is 5.95 Å². The van der Waals surface area contributed by atoms with Crippen molar-refractivity contribution >= 4 is 35.1 Å². The lowest BCUT2D eigenvalue weighted by atomic mass is 10.0. The second-order valence-electron chi connectivity index (χ2n) is 8.88. The Morgan fingerprint density at radius 1 is 1.42 bits per heavy atom. The predicted octanol–water partition coefficient (Wildman–Crippen LogP) is 3.86. The van der Waals surface area contributed by atoms with Gasteiger partial charge >= 0.3 is 6.09 Å². The van der Waals surface area contributed by atoms with E-state index in [2.05, 4.69) is 30.8 Å². The monoisotopic (exact) mass is 477 g/mol. The smallest absolute Gasteiger partial charge is 0.407 e. The highest BCUT2D eigenvalue weighted by molar-refractivity contribution is 6.33. The Labute approximate surface area is 194 Å². The van der Waals surface area contributed by atoms with E-state index in [4.69, 9.17) is 21.1 Å². The molecule has 1 amide bonds. The van der Waals surface area contributed by atoms with Gasteiger partial charge in [0.25, 0.3) is 0 Å². The maximum Gasteiger partial charge on any atom is 0.407 e. The summed E-state index contributed by atoms with van der Waals surface area (Å²) in [5.74, 6) is 0.484. The quantitative estimate of drug-likeness (QED) is 0.472. The summed E-state index contributed by atoms with van der Waals surface area (Å²) >= 11 is 6.22. The van der Waals surface area contributed by atoms with E-state index in [1.807, 2.05) is 6.92 Å². The van der Waals surface area contributed by atoms with Gasteiger partial charge in [-0.1, -0.05) is 11.6 Å². The molecule has 10 nitrogen and oxygen atoms in total. The van der Waals surface area contributed by atoms with E-state index in [0.717, 1.165) is 12.8 Å². The molecule has 3 heterocycles. The zero-order valence-electron chi connectivity index (χ0n) is 18.3. The number of imidazole rings is 1. The molecule has 0 aliphatic heterocycles. The van der Waals surface area contributed by atoms with Crippen LogP contribution in [-0.2, 0) is 16.1 Å². The first-order valence-corrected chi connectivity index (χ1v) is 11.2. The number of anilines is 2. The molecule has 2 saturated carbocycles. The minimum Gasteiger partial charge on any atom is -0.443 e. The number of nitrogens with zero attached hydrogens (tertiary/aromatic N) is 4. The number of nitrogens with one attached hydrogen (secondary N) is 3. The normalized spacial score (nSPS) is 23.6. The molecule has 2 aliphatic carbocycles. The molecule has 2 fully saturated rings. The number of hydrogen-bond donors (Lipinski definition) is 3. The van der Waals surface area contributed by atoms with Crippen LogP contribution in [0.1, 0.15) is 49.9 Å². The van der Waals surface area contributed by atoms with Crippen molar-refractivity contribution in [3.8, 4) is 0 Å². The van der Waals surface area contributed by atoms with E-state index < -0.39 is 24.3 Å². The predicted molar refractivity (Wildman–Crippen MR) is 118 cm³/mol. The number of hydrogen-bond acceptors (Lipinski definition) is 7. The maximum absolute atomic E-state index is 15.1. The summed E-state index contributed by atoms with van der Waals surface area (Å²) in [5, 5.41) is 13.5. The molecule has 3 N–H and O–H groups in total. The molecule has 0 spiro atoms. The van der Waals surface area contributed by atoms with Crippen LogP contribution in [0, 0.1) is 0 Å². The van der Waals surface area contributed by atoms with E-state index in [-0.39, 0.29) is 5.54 Å². The van der Waals surface area contributed by atoms with Gasteiger partial charge in [0.1, 0.15) is 17.3 Å². The van der Waals surface area contributed by atoms with Crippen LogP contribution in [0.15, 0.2) is 18.5 Å². The number of methoxy groups -OCH3 is 1. The molecule has 0 bridgehead atoms. The van der Waals surface area contributed by atoms with Crippen LogP contribution in [0.3, 0.4) is 0 Å². The first-order chi connectivity index (χ1) is 15.8. The van der Waals surface area contributed by atoms with Gasteiger partial charge in [-0.3, -0.25) is 9.50 Å². The molecule has 0 unspecified atom stereocenters. The Hall–Kier alpha value is -2.92. The molecule has 0 saturated heterocycles. The van der Waals surface area contributed by atoms with E-state index in [1.54, 1.807) is 23.8 Å². The average Bonchev–Trinajstić information content (AvgIpc) is 3.15. The van der Waals surface area contributed by atoms with Crippen molar-refractivity contribution < 1.29 is 18.7 Å². The molecule has 2 aliphatic rings. The Balaban J connectivity index is 1.27. The van der Waals surface area contributed by atoms with Crippen molar-refractivity contribution in [1.29, 1.82) is 0 Å². The van der Waals surface area contributed by atoms with Crippen molar-refractivity contribution in [3.63, 3.8) is 0 Å². The number of rotatable bonds is 7. The number of fused-ring (bicyclic) bond motifs is 1. The summed E-state index contributed by atoms with van der Waals surface area (Å²) < 4.78 is 27.3. The van der Waals surface area contributed by atoms with Gasteiger partial charge in [-0.2, -0.15) is 5.10 Å². The van der Waals surface area contributed by atoms with Crippen LogP contribution < -0.4 is 10.6 Å². The van der Waals surface area contributed by atoms with Gasteiger partial charge in [0.15, 0.2) is 11.5 Å². The van der Waals surface area contributed by atoms with Crippen LogP contribution in [0.5, 0.6) is 0 Å². The largest absolute Gasteiger partial charge is 0.443 e. The molecular formula is C21H25ClFN7O3. The molecule has 3 aromatic rings. The molecule has 3 aromatic heterocycles. The van der Waals surface area contributed by atoms with Gasteiger partial charge in [0.05, 0.1) is 18.5 Å². The Bertz CT molecular complexity index is 1180. The highest BCUT2D eigenvalue weighted by Gasteiger charge is 2.43. The standard InChI is InChI=1S/C21H25ClFN7O3/c1-21(5-6-21)27-20(31)33-15-4-3-12(17(15)23)14-7-16(29-28-14)26-19-24-8-13(22)18-25-11(10-32-2)9-30(18)19/h7-9,12,15,17H,3-6,10H2,1-2H3,(H,27,31)(H2,24,26,28,29)/t12-,15-,17+/m1/s1. The molecular weight excluding hydrogens is 453 g/mol. The maximum atomic E-state index is 15.1. The van der Waals surface area contributed by atoms with Crippen LogP contribution in [0.4, 0.5) is 21.0 Å². The fraction of sp³-hybridized carbons (Fsp3) is 0.524. The van der Waals surface area contributed by atoms with Gasteiger partial charge in [0, 0.05) is 36.5 Å². The summed E-state index contributed by atoms with van der Waals surface area (Å²) in [6.45, 7) is 2.29. The first-order valence-electron chi connectivity index (χ1n) is 10.8. The second-order valence-corrected chi connectivity index (χ2v) is 9.29. The molecule has 3 atom stereocenters. The van der Waals surface area contributed by atoms with Gasteiger partial charge < -0.3 is 20.1 Å². The SMILES string of the molecule is COCc1cn2c(Nc3cc([C@H]4CC[C@@H](OC(=O)NC5(C)CC5)[C@H]4F)[nH]n3)ncc(Cl)c2n1. The van der Waals surface area contributed by atoms with E-state index >= 15 is 4.39 Å². The van der Waals surface area contributed by atoms with Crippen LogP contribution >= 0.6 is 11.6 Å². The van der Waals surface area contributed by atoms with Crippen molar-refractivity contribution in [2.24, 2.45) is 0 Å². The zero-order chi connectivity index (χ0) is 23.2. The van der Waals surface area contributed by atoms with Gasteiger partial charge in [-0.15, -0.1) is 0 Å². The Kier molecular flexibility index (Phi) is 5.61. The molecule has 12 heteroatoms. The average molecular weight is 478 g/mol. The lowest BCUT2D eigenvalue weighted by Crippen LogP contribution is -2.38. The number of amides is 1. The highest BCUT2D eigenvalue weighted by atomic mass is 35.5. The third kappa shape index (κ3) is 4.47. The van der Waals surface area contributed by atoms with E-state index in [9.17, 15) is 4.79 Å². The summed E-state index contributed by atoms with van der Waals surface area (Å²) in [6, 6.07) is 1.74.